The summed E-state index contributed by atoms with van der Waals surface area (Å²) < 4.78 is 27.7. The van der Waals surface area contributed by atoms with Crippen LogP contribution in [0.25, 0.3) is 0 Å². The van der Waals surface area contributed by atoms with E-state index in [0.717, 1.165) is 32.4 Å². The molecule has 2 rings (SSSR count). The van der Waals surface area contributed by atoms with Crippen LogP contribution in [0.5, 0.6) is 0 Å². The second kappa shape index (κ2) is 3.20. The Bertz CT molecular complexity index is 277. The molecular weight excluding hydrogens is 190 g/mol. The van der Waals surface area contributed by atoms with Gasteiger partial charge in [-0.1, -0.05) is 0 Å². The molecule has 0 aliphatic carbocycles. The van der Waals surface area contributed by atoms with Crippen LogP contribution in [-0.4, -0.2) is 33.6 Å². The first kappa shape index (κ1) is 9.39. The molecule has 2 aliphatic heterocycles. The van der Waals surface area contributed by atoms with Crippen molar-refractivity contribution in [2.45, 2.75) is 24.8 Å². The Labute approximate surface area is 78.5 Å². The minimum absolute atomic E-state index is 0.220. The summed E-state index contributed by atoms with van der Waals surface area (Å²) in [5.41, 5.74) is -0.220. The van der Waals surface area contributed by atoms with Crippen molar-refractivity contribution in [3.63, 3.8) is 0 Å². The quantitative estimate of drug-likeness (QED) is 0.472. The molecule has 76 valence electrons. The zero-order valence-corrected chi connectivity index (χ0v) is 8.28. The zero-order valence-electron chi connectivity index (χ0n) is 7.47. The molecule has 0 aromatic rings. The maximum Gasteiger partial charge on any atom is 0.277 e. The van der Waals surface area contributed by atoms with E-state index in [0.29, 0.717) is 6.54 Å². The molecule has 1 spiro atoms. The van der Waals surface area contributed by atoms with Gasteiger partial charge in [-0.15, -0.1) is 0 Å². The Balaban J connectivity index is 2.13. The summed E-state index contributed by atoms with van der Waals surface area (Å²) in [6, 6.07) is 0. The molecule has 5 nitrogen and oxygen atoms in total. The van der Waals surface area contributed by atoms with Crippen molar-refractivity contribution in [3.8, 4) is 0 Å². The molecule has 0 aromatic carbocycles. The molecule has 3 N–H and O–H groups in total. The molecule has 0 radical (unpaired) electrons. The smallest absolute Gasteiger partial charge is 0.277 e. The van der Waals surface area contributed by atoms with Crippen LogP contribution in [0.3, 0.4) is 0 Å². The average Bonchev–Trinajstić information content (AvgIpc) is 2.03. The van der Waals surface area contributed by atoms with E-state index < -0.39 is 10.2 Å². The summed E-state index contributed by atoms with van der Waals surface area (Å²) in [6.45, 7) is 2.31. The molecule has 0 amide bonds. The van der Waals surface area contributed by atoms with Crippen molar-refractivity contribution in [3.05, 3.63) is 0 Å². The van der Waals surface area contributed by atoms with E-state index in [9.17, 15) is 8.42 Å². The maximum absolute atomic E-state index is 11.3. The topological polar surface area (TPSA) is 70.2 Å². The van der Waals surface area contributed by atoms with Gasteiger partial charge in [-0.3, -0.25) is 0 Å². The number of rotatable bonds is 0. The van der Waals surface area contributed by atoms with E-state index in [-0.39, 0.29) is 5.54 Å². The lowest BCUT2D eigenvalue weighted by Gasteiger charge is -2.40. The molecule has 2 aliphatic rings. The van der Waals surface area contributed by atoms with E-state index in [2.05, 4.69) is 14.8 Å². The molecule has 13 heavy (non-hydrogen) atoms. The summed E-state index contributed by atoms with van der Waals surface area (Å²) >= 11 is 0. The maximum atomic E-state index is 11.3. The highest BCUT2D eigenvalue weighted by Crippen LogP contribution is 2.22. The molecule has 0 bridgehead atoms. The van der Waals surface area contributed by atoms with Crippen molar-refractivity contribution < 1.29 is 8.42 Å². The predicted octanol–water partition coefficient (Wildman–Crippen LogP) is -1.06. The van der Waals surface area contributed by atoms with E-state index >= 15 is 0 Å². The Morgan fingerprint density at radius 2 is 2.00 bits per heavy atom. The third-order valence-corrected chi connectivity index (χ3v) is 4.00. The van der Waals surface area contributed by atoms with Gasteiger partial charge in [0.15, 0.2) is 0 Å². The number of hydrogen-bond donors (Lipinski definition) is 3. The van der Waals surface area contributed by atoms with Gasteiger partial charge < -0.3 is 5.32 Å². The highest BCUT2D eigenvalue weighted by Gasteiger charge is 2.38. The summed E-state index contributed by atoms with van der Waals surface area (Å²) in [7, 11) is -3.23. The van der Waals surface area contributed by atoms with Crippen molar-refractivity contribution in [2.24, 2.45) is 0 Å². The lowest BCUT2D eigenvalue weighted by molar-refractivity contribution is 0.258. The fraction of sp³-hybridized carbons (Fsp3) is 1.00. The zero-order chi connectivity index (χ0) is 9.36. The summed E-state index contributed by atoms with van der Waals surface area (Å²) in [6.07, 6.45) is 2.86. The molecule has 0 saturated carbocycles. The van der Waals surface area contributed by atoms with E-state index in [4.69, 9.17) is 0 Å². The Morgan fingerprint density at radius 3 is 2.62 bits per heavy atom. The van der Waals surface area contributed by atoms with Gasteiger partial charge >= 0.3 is 0 Å². The highest BCUT2D eigenvalue weighted by atomic mass is 32.2. The van der Waals surface area contributed by atoms with Crippen molar-refractivity contribution >= 4 is 10.2 Å². The first-order valence-electron chi connectivity index (χ1n) is 4.61. The molecule has 2 fully saturated rings. The van der Waals surface area contributed by atoms with E-state index in [1.54, 1.807) is 0 Å². The standard InChI is InChI=1S/C7H15N3O2S/c11-13(12)9-5-3-7(10-13)2-1-4-8-6-7/h8-10H,1-6H2. The second-order valence-corrected chi connectivity index (χ2v) is 5.31. The predicted molar refractivity (Wildman–Crippen MR) is 49.5 cm³/mol. The summed E-state index contributed by atoms with van der Waals surface area (Å²) in [5, 5.41) is 3.23. The number of nitrogens with one attached hydrogen (secondary N) is 3. The van der Waals surface area contributed by atoms with Crippen molar-refractivity contribution in [2.75, 3.05) is 19.6 Å². The third kappa shape index (κ3) is 2.01. The van der Waals surface area contributed by atoms with E-state index in [1.807, 2.05) is 0 Å². The van der Waals surface area contributed by atoms with Crippen LogP contribution in [0.2, 0.25) is 0 Å². The monoisotopic (exact) mass is 205 g/mol. The van der Waals surface area contributed by atoms with Gasteiger partial charge in [0.05, 0.1) is 0 Å². The molecule has 6 heteroatoms. The van der Waals surface area contributed by atoms with Crippen LogP contribution < -0.4 is 14.8 Å². The van der Waals surface area contributed by atoms with Gasteiger partial charge in [0.2, 0.25) is 0 Å². The minimum Gasteiger partial charge on any atom is -0.315 e. The van der Waals surface area contributed by atoms with E-state index in [1.165, 1.54) is 0 Å². The fourth-order valence-corrected chi connectivity index (χ4v) is 3.35. The molecule has 1 atom stereocenters. The summed E-state index contributed by atoms with van der Waals surface area (Å²) in [4.78, 5) is 0. The SMILES string of the molecule is O=S1(=O)NCCC2(CCCNC2)N1. The number of piperidine rings is 1. The minimum atomic E-state index is -3.23. The first-order chi connectivity index (χ1) is 6.12. The van der Waals surface area contributed by atoms with Crippen LogP contribution >= 0.6 is 0 Å². The highest BCUT2D eigenvalue weighted by molar-refractivity contribution is 7.87. The van der Waals surface area contributed by atoms with Gasteiger partial charge in [-0.2, -0.15) is 13.1 Å². The largest absolute Gasteiger partial charge is 0.315 e. The Kier molecular flexibility index (Phi) is 2.31. The van der Waals surface area contributed by atoms with Crippen LogP contribution in [0.15, 0.2) is 0 Å². The Hall–Kier alpha value is -0.170. The van der Waals surface area contributed by atoms with Gasteiger partial charge in [0.25, 0.3) is 10.2 Å². The van der Waals surface area contributed by atoms with Crippen LogP contribution in [0.1, 0.15) is 19.3 Å². The molecular formula is C7H15N3O2S. The van der Waals surface area contributed by atoms with Crippen molar-refractivity contribution in [1.29, 1.82) is 0 Å². The number of hydrogen-bond acceptors (Lipinski definition) is 3. The van der Waals surface area contributed by atoms with Gasteiger partial charge in [0.1, 0.15) is 0 Å². The first-order valence-corrected chi connectivity index (χ1v) is 6.10. The Morgan fingerprint density at radius 1 is 1.15 bits per heavy atom. The second-order valence-electron chi connectivity index (χ2n) is 3.81. The van der Waals surface area contributed by atoms with Gasteiger partial charge in [-0.05, 0) is 25.8 Å². The van der Waals surface area contributed by atoms with Crippen molar-refractivity contribution in [1.82, 2.24) is 14.8 Å². The molecule has 2 saturated heterocycles. The lowest BCUT2D eigenvalue weighted by atomic mass is 9.88. The molecule has 0 aromatic heterocycles. The van der Waals surface area contributed by atoms with Crippen LogP contribution in [0, 0.1) is 0 Å². The van der Waals surface area contributed by atoms with Crippen LogP contribution in [0.4, 0.5) is 0 Å². The van der Waals surface area contributed by atoms with Gasteiger partial charge in [-0.25, -0.2) is 4.72 Å². The fourth-order valence-electron chi connectivity index (χ4n) is 2.07. The van der Waals surface area contributed by atoms with Gasteiger partial charge in [0, 0.05) is 18.6 Å². The normalized spacial score (nSPS) is 39.1. The lowest BCUT2D eigenvalue weighted by Crippen LogP contribution is -2.64. The molecule has 1 unspecified atom stereocenters. The molecule has 2 heterocycles. The summed E-state index contributed by atoms with van der Waals surface area (Å²) in [5.74, 6) is 0. The average molecular weight is 205 g/mol. The van der Waals surface area contributed by atoms with Crippen LogP contribution in [-0.2, 0) is 10.2 Å². The third-order valence-electron chi connectivity index (χ3n) is 2.72.